The van der Waals surface area contributed by atoms with Crippen LogP contribution in [0.4, 0.5) is 0 Å². The first-order valence-corrected chi connectivity index (χ1v) is 7.43. The number of fused-ring (bicyclic) bond motifs is 3. The molecule has 4 N–H and O–H groups in total. The van der Waals surface area contributed by atoms with Gasteiger partial charge in [-0.1, -0.05) is 11.6 Å². The Morgan fingerprint density at radius 2 is 2.18 bits per heavy atom. The molecule has 1 amide bonds. The Hall–Kier alpha value is -2.34. The lowest BCUT2D eigenvalue weighted by molar-refractivity contribution is -0.119. The van der Waals surface area contributed by atoms with Crippen LogP contribution in [0.3, 0.4) is 0 Å². The molecule has 0 bridgehead atoms. The van der Waals surface area contributed by atoms with Crippen molar-refractivity contribution in [2.24, 2.45) is 5.92 Å². The largest absolute Gasteiger partial charge is 0.342 e. The van der Waals surface area contributed by atoms with E-state index in [0.29, 0.717) is 11.6 Å². The van der Waals surface area contributed by atoms with Crippen LogP contribution in [0.15, 0.2) is 46.0 Å². The summed E-state index contributed by atoms with van der Waals surface area (Å²) < 4.78 is 0. The highest BCUT2D eigenvalue weighted by Gasteiger charge is 2.48. The normalized spacial score (nSPS) is 25.3. The van der Waals surface area contributed by atoms with Gasteiger partial charge in [0.05, 0.1) is 11.6 Å². The quantitative estimate of drug-likeness (QED) is 0.651. The van der Waals surface area contributed by atoms with Crippen molar-refractivity contribution < 1.29 is 4.79 Å². The van der Waals surface area contributed by atoms with Crippen LogP contribution in [-0.2, 0) is 10.3 Å². The van der Waals surface area contributed by atoms with Crippen LogP contribution in [0.5, 0.6) is 0 Å². The van der Waals surface area contributed by atoms with Gasteiger partial charge in [0, 0.05) is 23.8 Å². The molecule has 2 atom stereocenters. The van der Waals surface area contributed by atoms with E-state index in [2.05, 4.69) is 27.2 Å². The lowest BCUT2D eigenvalue weighted by atomic mass is 9.95. The first-order valence-electron chi connectivity index (χ1n) is 7.43. The standard InChI is InChI=1S/C16H18N4O2/c1-16(2,9-3-4-12(21)17-7-9)18-15(22)14-11-6-8-5-10(8)13(11)19-20-14/h3-4,6-7,10,13,19-20H,5H2,1-2H3,(H,17,21)(H,18,22). The number of rotatable bonds is 3. The molecule has 114 valence electrons. The zero-order valence-electron chi connectivity index (χ0n) is 12.5. The summed E-state index contributed by atoms with van der Waals surface area (Å²) in [6.45, 7) is 3.82. The van der Waals surface area contributed by atoms with Gasteiger partial charge in [0.1, 0.15) is 5.70 Å². The predicted molar refractivity (Wildman–Crippen MR) is 81.5 cm³/mol. The summed E-state index contributed by atoms with van der Waals surface area (Å²) in [5.41, 5.74) is 9.40. The van der Waals surface area contributed by atoms with Crippen LogP contribution in [0.2, 0.25) is 0 Å². The number of aromatic amines is 1. The van der Waals surface area contributed by atoms with Gasteiger partial charge in [-0.3, -0.25) is 9.59 Å². The average molecular weight is 298 g/mol. The Morgan fingerprint density at radius 3 is 2.91 bits per heavy atom. The Bertz CT molecular complexity index is 767. The maximum Gasteiger partial charge on any atom is 0.269 e. The average Bonchev–Trinajstić information content (AvgIpc) is 2.93. The first-order chi connectivity index (χ1) is 10.5. The van der Waals surface area contributed by atoms with Crippen molar-refractivity contribution in [3.05, 3.63) is 57.2 Å². The van der Waals surface area contributed by atoms with Gasteiger partial charge in [0.25, 0.3) is 5.91 Å². The molecule has 0 saturated heterocycles. The van der Waals surface area contributed by atoms with Crippen LogP contribution in [0.1, 0.15) is 25.8 Å². The van der Waals surface area contributed by atoms with Crippen molar-refractivity contribution in [2.75, 3.05) is 0 Å². The Balaban J connectivity index is 1.57. The van der Waals surface area contributed by atoms with E-state index in [0.717, 1.165) is 17.6 Å². The van der Waals surface area contributed by atoms with Crippen LogP contribution in [0.25, 0.3) is 0 Å². The molecule has 1 aliphatic heterocycles. The number of hydrazine groups is 1. The number of carbonyl (C=O) groups is 1. The second-order valence-electron chi connectivity index (χ2n) is 6.63. The van der Waals surface area contributed by atoms with Gasteiger partial charge in [-0.25, -0.2) is 5.43 Å². The lowest BCUT2D eigenvalue weighted by Crippen LogP contribution is -2.45. The number of pyridine rings is 1. The molecule has 4 rings (SSSR count). The molecule has 1 aromatic rings. The SMILES string of the molecule is CC(C)(NC(=O)C1=C2C=C3CC3C2NN1)c1ccc(=O)[nH]c1. The third-order valence-corrected chi connectivity index (χ3v) is 4.65. The number of hydrogen-bond donors (Lipinski definition) is 4. The van der Waals surface area contributed by atoms with E-state index in [4.69, 9.17) is 0 Å². The molecule has 2 aliphatic carbocycles. The molecule has 2 unspecified atom stereocenters. The van der Waals surface area contributed by atoms with Crippen molar-refractivity contribution in [1.82, 2.24) is 21.2 Å². The molecule has 0 aromatic carbocycles. The van der Waals surface area contributed by atoms with E-state index < -0.39 is 5.54 Å². The van der Waals surface area contributed by atoms with Gasteiger partial charge >= 0.3 is 0 Å². The summed E-state index contributed by atoms with van der Waals surface area (Å²) in [7, 11) is 0. The molecular formula is C16H18N4O2. The summed E-state index contributed by atoms with van der Waals surface area (Å²) in [4.78, 5) is 26.4. The number of carbonyl (C=O) groups excluding carboxylic acids is 1. The second kappa shape index (κ2) is 4.33. The highest BCUT2D eigenvalue weighted by atomic mass is 16.2. The minimum Gasteiger partial charge on any atom is -0.342 e. The van der Waals surface area contributed by atoms with Gasteiger partial charge in [-0.05, 0) is 31.9 Å². The van der Waals surface area contributed by atoms with E-state index in [1.165, 1.54) is 11.6 Å². The monoisotopic (exact) mass is 298 g/mol. The molecule has 2 heterocycles. The summed E-state index contributed by atoms with van der Waals surface area (Å²) >= 11 is 0. The molecule has 6 heteroatoms. The molecule has 0 spiro atoms. The van der Waals surface area contributed by atoms with E-state index in [9.17, 15) is 9.59 Å². The maximum atomic E-state index is 12.6. The summed E-state index contributed by atoms with van der Waals surface area (Å²) in [6, 6.07) is 3.44. The van der Waals surface area contributed by atoms with Crippen molar-refractivity contribution in [1.29, 1.82) is 0 Å². The van der Waals surface area contributed by atoms with Crippen LogP contribution in [-0.4, -0.2) is 16.9 Å². The molecule has 22 heavy (non-hydrogen) atoms. The number of hydrogen-bond acceptors (Lipinski definition) is 4. The Labute approximate surface area is 127 Å². The topological polar surface area (TPSA) is 86.0 Å². The Morgan fingerprint density at radius 1 is 1.36 bits per heavy atom. The fourth-order valence-corrected chi connectivity index (χ4v) is 3.23. The van der Waals surface area contributed by atoms with Crippen molar-refractivity contribution >= 4 is 5.91 Å². The van der Waals surface area contributed by atoms with Crippen molar-refractivity contribution in [3.63, 3.8) is 0 Å². The molecular weight excluding hydrogens is 280 g/mol. The van der Waals surface area contributed by atoms with Gasteiger partial charge in [0.2, 0.25) is 5.56 Å². The van der Waals surface area contributed by atoms with E-state index >= 15 is 0 Å². The zero-order valence-corrected chi connectivity index (χ0v) is 12.5. The summed E-state index contributed by atoms with van der Waals surface area (Å²) in [5.74, 6) is 0.430. The second-order valence-corrected chi connectivity index (χ2v) is 6.63. The fourth-order valence-electron chi connectivity index (χ4n) is 3.23. The minimum absolute atomic E-state index is 0.139. The molecule has 1 aromatic heterocycles. The van der Waals surface area contributed by atoms with Crippen LogP contribution in [0, 0.1) is 5.92 Å². The van der Waals surface area contributed by atoms with E-state index in [1.807, 2.05) is 13.8 Å². The van der Waals surface area contributed by atoms with Gasteiger partial charge in [-0.2, -0.15) is 0 Å². The van der Waals surface area contributed by atoms with Crippen LogP contribution >= 0.6 is 0 Å². The number of H-pyrrole nitrogens is 1. The van der Waals surface area contributed by atoms with Gasteiger partial charge < -0.3 is 15.7 Å². The molecule has 6 nitrogen and oxygen atoms in total. The molecule has 0 radical (unpaired) electrons. The smallest absolute Gasteiger partial charge is 0.269 e. The molecule has 3 aliphatic rings. The van der Waals surface area contributed by atoms with Gasteiger partial charge in [-0.15, -0.1) is 0 Å². The Kier molecular flexibility index (Phi) is 2.62. The van der Waals surface area contributed by atoms with Crippen molar-refractivity contribution in [2.45, 2.75) is 31.8 Å². The molecule has 1 fully saturated rings. The minimum atomic E-state index is -0.580. The fraction of sp³-hybridized carbons (Fsp3) is 0.375. The van der Waals surface area contributed by atoms with Crippen LogP contribution < -0.4 is 21.7 Å². The number of amides is 1. The predicted octanol–water partition coefficient (Wildman–Crippen LogP) is 0.417. The van der Waals surface area contributed by atoms with Gasteiger partial charge in [0.15, 0.2) is 0 Å². The van der Waals surface area contributed by atoms with E-state index in [1.54, 1.807) is 12.3 Å². The zero-order chi connectivity index (χ0) is 15.5. The van der Waals surface area contributed by atoms with Crippen molar-refractivity contribution in [3.8, 4) is 0 Å². The third kappa shape index (κ3) is 1.99. The highest BCUT2D eigenvalue weighted by molar-refractivity contribution is 5.95. The maximum absolute atomic E-state index is 12.6. The van der Waals surface area contributed by atoms with E-state index in [-0.39, 0.29) is 17.5 Å². The lowest BCUT2D eigenvalue weighted by Gasteiger charge is -2.27. The summed E-state index contributed by atoms with van der Waals surface area (Å²) in [5, 5.41) is 3.03. The third-order valence-electron chi connectivity index (χ3n) is 4.65. The number of nitrogens with one attached hydrogen (secondary N) is 4. The highest BCUT2D eigenvalue weighted by Crippen LogP contribution is 2.50. The first kappa shape index (κ1) is 13.3. The molecule has 1 saturated carbocycles. The number of aromatic nitrogens is 1. The summed E-state index contributed by atoms with van der Waals surface area (Å²) in [6.07, 6.45) is 4.90.